The van der Waals surface area contributed by atoms with Gasteiger partial charge in [0, 0.05) is 44.0 Å². The molecule has 0 aliphatic carbocycles. The molecule has 5 N–H and O–H groups in total. The Kier molecular flexibility index (Phi) is 6.51. The maximum atomic E-state index is 12.8. The van der Waals surface area contributed by atoms with Crippen LogP contribution < -0.4 is 16.8 Å². The first kappa shape index (κ1) is 20.8. The zero-order chi connectivity index (χ0) is 21.0. The number of likely N-dealkylation sites (N-methyl/N-ethyl adjacent to an activating group) is 1. The zero-order valence-corrected chi connectivity index (χ0v) is 17.4. The number of rotatable bonds is 5. The van der Waals surface area contributed by atoms with Crippen LogP contribution in [0.25, 0.3) is 0 Å². The van der Waals surface area contributed by atoms with Gasteiger partial charge in [0.15, 0.2) is 5.96 Å². The highest BCUT2D eigenvalue weighted by atomic mass is 16.1. The van der Waals surface area contributed by atoms with Crippen LogP contribution in [0.15, 0.2) is 41.4 Å². The van der Waals surface area contributed by atoms with E-state index in [4.69, 9.17) is 11.5 Å². The summed E-state index contributed by atoms with van der Waals surface area (Å²) in [6, 6.07) is 11.5. The van der Waals surface area contributed by atoms with Gasteiger partial charge >= 0.3 is 0 Å². The Morgan fingerprint density at radius 1 is 1.03 bits per heavy atom. The average Bonchev–Trinajstić information content (AvgIpc) is 2.66. The van der Waals surface area contributed by atoms with E-state index in [1.54, 1.807) is 6.07 Å². The number of nitrogens with two attached hydrogens (primary N) is 2. The average molecular weight is 395 g/mol. The van der Waals surface area contributed by atoms with Gasteiger partial charge in [-0.1, -0.05) is 18.2 Å². The predicted octanol–water partition coefficient (Wildman–Crippen LogP) is 2.21. The second-order valence-corrected chi connectivity index (χ2v) is 7.72. The minimum Gasteiger partial charge on any atom is -0.370 e. The van der Waals surface area contributed by atoms with Crippen LogP contribution in [0, 0.1) is 13.8 Å². The minimum absolute atomic E-state index is 0.0108. The van der Waals surface area contributed by atoms with Gasteiger partial charge in [-0.15, -0.1) is 0 Å². The summed E-state index contributed by atoms with van der Waals surface area (Å²) < 4.78 is 0. The summed E-state index contributed by atoms with van der Waals surface area (Å²) in [7, 11) is 2.16. The van der Waals surface area contributed by atoms with Crippen molar-refractivity contribution < 1.29 is 4.79 Å². The number of aryl methyl sites for hydroxylation is 2. The number of amides is 1. The molecule has 0 aromatic heterocycles. The number of nitrogens with one attached hydrogen (secondary N) is 1. The van der Waals surface area contributed by atoms with Gasteiger partial charge in [-0.2, -0.15) is 0 Å². The van der Waals surface area contributed by atoms with Crippen molar-refractivity contribution >= 4 is 23.2 Å². The Morgan fingerprint density at radius 2 is 1.76 bits per heavy atom. The molecule has 154 valence electrons. The monoisotopic (exact) mass is 394 g/mol. The number of nitrogens with zero attached hydrogens (tertiary/aromatic N) is 3. The van der Waals surface area contributed by atoms with Crippen molar-refractivity contribution in [2.75, 3.05) is 38.5 Å². The summed E-state index contributed by atoms with van der Waals surface area (Å²) in [5.41, 5.74) is 16.0. The molecule has 1 aliphatic heterocycles. The third-order valence-electron chi connectivity index (χ3n) is 5.25. The Hall–Kier alpha value is -2.90. The third kappa shape index (κ3) is 5.56. The second kappa shape index (κ2) is 9.07. The number of carbonyl (C=O) groups is 1. The van der Waals surface area contributed by atoms with Gasteiger partial charge < -0.3 is 21.7 Å². The van der Waals surface area contributed by atoms with Crippen molar-refractivity contribution in [1.82, 2.24) is 9.80 Å². The number of hydrogen-bond acceptors (Lipinski definition) is 4. The molecular weight excluding hydrogens is 364 g/mol. The highest BCUT2D eigenvalue weighted by molar-refractivity contribution is 6.05. The smallest absolute Gasteiger partial charge is 0.255 e. The van der Waals surface area contributed by atoms with Gasteiger partial charge in [0.05, 0.1) is 5.69 Å². The molecule has 2 aromatic rings. The van der Waals surface area contributed by atoms with Crippen LogP contribution >= 0.6 is 0 Å². The van der Waals surface area contributed by atoms with E-state index in [0.29, 0.717) is 16.9 Å². The van der Waals surface area contributed by atoms with E-state index in [2.05, 4.69) is 33.2 Å². The lowest BCUT2D eigenvalue weighted by Gasteiger charge is -2.32. The molecule has 29 heavy (non-hydrogen) atoms. The molecule has 3 rings (SSSR count). The summed E-state index contributed by atoms with van der Waals surface area (Å²) >= 11 is 0. The van der Waals surface area contributed by atoms with Crippen molar-refractivity contribution in [3.63, 3.8) is 0 Å². The van der Waals surface area contributed by atoms with Crippen LogP contribution in [0.4, 0.5) is 11.4 Å². The Bertz CT molecular complexity index is 912. The number of hydrogen-bond donors (Lipinski definition) is 3. The van der Waals surface area contributed by atoms with Gasteiger partial charge in [-0.05, 0) is 55.8 Å². The van der Waals surface area contributed by atoms with Crippen LogP contribution in [-0.2, 0) is 6.54 Å². The van der Waals surface area contributed by atoms with E-state index in [0.717, 1.165) is 43.9 Å². The molecule has 1 aliphatic rings. The normalized spacial score (nSPS) is 15.1. The van der Waals surface area contributed by atoms with Crippen molar-refractivity contribution in [3.8, 4) is 0 Å². The number of benzene rings is 2. The predicted molar refractivity (Wildman–Crippen MR) is 119 cm³/mol. The first-order valence-corrected chi connectivity index (χ1v) is 9.84. The minimum atomic E-state index is -0.145. The summed E-state index contributed by atoms with van der Waals surface area (Å²) in [5, 5.41) is 2.94. The van der Waals surface area contributed by atoms with Crippen LogP contribution in [0.5, 0.6) is 0 Å². The molecule has 0 unspecified atom stereocenters. The highest BCUT2D eigenvalue weighted by Gasteiger charge is 2.15. The van der Waals surface area contributed by atoms with E-state index >= 15 is 0 Å². The van der Waals surface area contributed by atoms with Gasteiger partial charge in [0.1, 0.15) is 0 Å². The summed E-state index contributed by atoms with van der Waals surface area (Å²) in [6.45, 7) is 9.14. The fourth-order valence-electron chi connectivity index (χ4n) is 3.49. The maximum Gasteiger partial charge on any atom is 0.255 e. The topological polar surface area (TPSA) is 100.0 Å². The van der Waals surface area contributed by atoms with E-state index < -0.39 is 0 Å². The lowest BCUT2D eigenvalue weighted by Crippen LogP contribution is -2.43. The largest absolute Gasteiger partial charge is 0.370 e. The summed E-state index contributed by atoms with van der Waals surface area (Å²) in [5.74, 6) is -0.156. The van der Waals surface area contributed by atoms with Gasteiger partial charge in [0.25, 0.3) is 5.91 Å². The molecule has 0 bridgehead atoms. The quantitative estimate of drug-likeness (QED) is 0.533. The molecule has 0 radical (unpaired) electrons. The van der Waals surface area contributed by atoms with Crippen LogP contribution in [0.2, 0.25) is 0 Å². The molecule has 1 saturated heterocycles. The standard InChI is InChI=1S/C22H30N6O/c1-15-4-6-18(13-20(15)26-22(23)24)25-21(29)19-7-5-17(12-16(19)2)14-28-10-8-27(3)9-11-28/h4-7,12-13H,8-11,14H2,1-3H3,(H,25,29)(H4,23,24,26). The molecule has 1 heterocycles. The Balaban J connectivity index is 1.69. The van der Waals surface area contributed by atoms with E-state index in [-0.39, 0.29) is 11.9 Å². The van der Waals surface area contributed by atoms with Gasteiger partial charge in [-0.3, -0.25) is 9.69 Å². The van der Waals surface area contributed by atoms with Crippen molar-refractivity contribution in [2.45, 2.75) is 20.4 Å². The van der Waals surface area contributed by atoms with Crippen molar-refractivity contribution in [1.29, 1.82) is 0 Å². The molecule has 1 amide bonds. The number of aliphatic imine (C=N–C) groups is 1. The first-order valence-electron chi connectivity index (χ1n) is 9.84. The number of guanidine groups is 1. The lowest BCUT2D eigenvalue weighted by atomic mass is 10.0. The maximum absolute atomic E-state index is 12.8. The molecule has 0 spiro atoms. The van der Waals surface area contributed by atoms with E-state index in [1.165, 1.54) is 5.56 Å². The number of anilines is 1. The number of piperazine rings is 1. The molecule has 1 fully saturated rings. The molecule has 2 aromatic carbocycles. The zero-order valence-electron chi connectivity index (χ0n) is 17.4. The molecule has 7 nitrogen and oxygen atoms in total. The fourth-order valence-corrected chi connectivity index (χ4v) is 3.49. The Labute approximate surface area is 172 Å². The lowest BCUT2D eigenvalue weighted by molar-refractivity contribution is 0.102. The molecular formula is C22H30N6O. The third-order valence-corrected chi connectivity index (χ3v) is 5.25. The van der Waals surface area contributed by atoms with Crippen LogP contribution in [0.3, 0.4) is 0 Å². The van der Waals surface area contributed by atoms with Gasteiger partial charge in [-0.25, -0.2) is 4.99 Å². The highest BCUT2D eigenvalue weighted by Crippen LogP contribution is 2.24. The molecule has 0 saturated carbocycles. The van der Waals surface area contributed by atoms with E-state index in [9.17, 15) is 4.79 Å². The number of carbonyl (C=O) groups excluding carboxylic acids is 1. The summed E-state index contributed by atoms with van der Waals surface area (Å²) in [6.07, 6.45) is 0. The van der Waals surface area contributed by atoms with Gasteiger partial charge in [0.2, 0.25) is 0 Å². The van der Waals surface area contributed by atoms with Crippen LogP contribution in [-0.4, -0.2) is 54.9 Å². The van der Waals surface area contributed by atoms with Crippen LogP contribution in [0.1, 0.15) is 27.0 Å². The molecule has 7 heteroatoms. The molecule has 0 atom stereocenters. The Morgan fingerprint density at radius 3 is 2.41 bits per heavy atom. The second-order valence-electron chi connectivity index (χ2n) is 7.72. The summed E-state index contributed by atoms with van der Waals surface area (Å²) in [4.78, 5) is 21.7. The fraction of sp³-hybridized carbons (Fsp3) is 0.364. The van der Waals surface area contributed by atoms with Crippen molar-refractivity contribution in [3.05, 3.63) is 58.7 Å². The van der Waals surface area contributed by atoms with Crippen molar-refractivity contribution in [2.24, 2.45) is 16.5 Å². The first-order chi connectivity index (χ1) is 13.8. The SMILES string of the molecule is Cc1ccc(NC(=O)c2ccc(CN3CCN(C)CC3)cc2C)cc1N=C(N)N. The van der Waals surface area contributed by atoms with E-state index in [1.807, 2.05) is 38.1 Å².